The van der Waals surface area contributed by atoms with E-state index in [2.05, 4.69) is 15.4 Å². The highest BCUT2D eigenvalue weighted by atomic mass is 19.4. The van der Waals surface area contributed by atoms with E-state index in [-0.39, 0.29) is 24.2 Å². The molecule has 7 nitrogen and oxygen atoms in total. The van der Waals surface area contributed by atoms with E-state index < -0.39 is 47.5 Å². The van der Waals surface area contributed by atoms with Crippen LogP contribution in [0.15, 0.2) is 78.9 Å². The summed E-state index contributed by atoms with van der Waals surface area (Å²) < 4.78 is 58.3. The predicted molar refractivity (Wildman–Crippen MR) is 179 cm³/mol. The highest BCUT2D eigenvalue weighted by molar-refractivity contribution is 5.97. The van der Waals surface area contributed by atoms with Crippen LogP contribution in [0.3, 0.4) is 0 Å². The van der Waals surface area contributed by atoms with Crippen LogP contribution in [0.1, 0.15) is 76.2 Å². The largest absolute Gasteiger partial charge is 0.573 e. The Hall–Kier alpha value is -5.19. The van der Waals surface area contributed by atoms with Crippen LogP contribution in [0.2, 0.25) is 0 Å². The van der Waals surface area contributed by atoms with Crippen molar-refractivity contribution in [1.29, 1.82) is 0 Å². The molecule has 4 aromatic rings. The quantitative estimate of drug-likeness (QED) is 0.123. The number of carbonyl (C=O) groups is 3. The SMILES string of the molecule is CCC[C@@H](c1ccc(C(=O)NCCC(=O)O)cc1)C(C(=O)Nc1ccc(-c2c(C)cc(C)cc2C)cc1F)c1ccc(OC(F)(F)F)cc1. The zero-order valence-corrected chi connectivity index (χ0v) is 27.6. The number of rotatable bonds is 13. The summed E-state index contributed by atoms with van der Waals surface area (Å²) in [7, 11) is 0. The van der Waals surface area contributed by atoms with Gasteiger partial charge in [-0.1, -0.05) is 61.4 Å². The van der Waals surface area contributed by atoms with Crippen molar-refractivity contribution >= 4 is 23.5 Å². The van der Waals surface area contributed by atoms with E-state index >= 15 is 4.39 Å². The smallest absolute Gasteiger partial charge is 0.481 e. The van der Waals surface area contributed by atoms with Crippen LogP contribution >= 0.6 is 0 Å². The van der Waals surface area contributed by atoms with Gasteiger partial charge < -0.3 is 20.5 Å². The van der Waals surface area contributed by atoms with Crippen LogP contribution in [-0.2, 0) is 9.59 Å². The minimum absolute atomic E-state index is 0.0492. The Morgan fingerprint density at radius 3 is 2.02 bits per heavy atom. The molecule has 0 aliphatic rings. The number of carboxylic acids is 1. The topological polar surface area (TPSA) is 105 Å². The summed E-state index contributed by atoms with van der Waals surface area (Å²) in [4.78, 5) is 37.4. The first-order valence-electron chi connectivity index (χ1n) is 15.8. The minimum Gasteiger partial charge on any atom is -0.481 e. The minimum atomic E-state index is -4.90. The summed E-state index contributed by atoms with van der Waals surface area (Å²) in [6.07, 6.45) is -4.04. The van der Waals surface area contributed by atoms with Gasteiger partial charge in [0.15, 0.2) is 0 Å². The number of aliphatic carboxylic acids is 1. The Morgan fingerprint density at radius 2 is 1.47 bits per heavy atom. The number of hydrogen-bond donors (Lipinski definition) is 3. The van der Waals surface area contributed by atoms with Crippen molar-refractivity contribution in [2.75, 3.05) is 11.9 Å². The third-order valence-electron chi connectivity index (χ3n) is 8.18. The number of anilines is 1. The van der Waals surface area contributed by atoms with Crippen molar-refractivity contribution in [3.63, 3.8) is 0 Å². The summed E-state index contributed by atoms with van der Waals surface area (Å²) in [5, 5.41) is 14.1. The van der Waals surface area contributed by atoms with Crippen molar-refractivity contribution < 1.29 is 41.8 Å². The fourth-order valence-corrected chi connectivity index (χ4v) is 6.16. The molecule has 49 heavy (non-hydrogen) atoms. The van der Waals surface area contributed by atoms with Crippen LogP contribution in [-0.4, -0.2) is 35.8 Å². The lowest BCUT2D eigenvalue weighted by Crippen LogP contribution is -2.28. The van der Waals surface area contributed by atoms with Crippen LogP contribution < -0.4 is 15.4 Å². The lowest BCUT2D eigenvalue weighted by atomic mass is 9.78. The summed E-state index contributed by atoms with van der Waals surface area (Å²) >= 11 is 0. The molecule has 0 radical (unpaired) electrons. The van der Waals surface area contributed by atoms with E-state index in [4.69, 9.17) is 5.11 Å². The third kappa shape index (κ3) is 9.68. The number of carboxylic acid groups (broad SMARTS) is 1. The second-order valence-corrected chi connectivity index (χ2v) is 12.0. The highest BCUT2D eigenvalue weighted by Gasteiger charge is 2.33. The van der Waals surface area contributed by atoms with Crippen LogP contribution in [0.5, 0.6) is 5.75 Å². The number of amides is 2. The van der Waals surface area contributed by atoms with Crippen LogP contribution in [0.4, 0.5) is 23.2 Å². The maximum Gasteiger partial charge on any atom is 0.573 e. The molecule has 0 fully saturated rings. The molecule has 4 aromatic carbocycles. The summed E-state index contributed by atoms with van der Waals surface area (Å²) in [5.74, 6) is -4.70. The number of ether oxygens (including phenoxy) is 1. The van der Waals surface area contributed by atoms with Crippen molar-refractivity contribution in [3.05, 3.63) is 118 Å². The molecular formula is C38H38F4N2O5. The number of halogens is 4. The monoisotopic (exact) mass is 678 g/mol. The number of benzene rings is 4. The number of alkyl halides is 3. The summed E-state index contributed by atoms with van der Waals surface area (Å²) in [6.45, 7) is 7.75. The van der Waals surface area contributed by atoms with E-state index in [1.54, 1.807) is 30.3 Å². The first-order chi connectivity index (χ1) is 23.2. The number of aryl methyl sites for hydroxylation is 3. The second-order valence-electron chi connectivity index (χ2n) is 12.0. The van der Waals surface area contributed by atoms with Gasteiger partial charge in [0.05, 0.1) is 18.0 Å². The molecule has 0 aliphatic carbocycles. The molecule has 0 aromatic heterocycles. The van der Waals surface area contributed by atoms with E-state index in [0.717, 1.165) is 34.4 Å². The van der Waals surface area contributed by atoms with Crippen molar-refractivity contribution in [1.82, 2.24) is 5.32 Å². The van der Waals surface area contributed by atoms with Gasteiger partial charge in [0.2, 0.25) is 5.91 Å². The Kier molecular flexibility index (Phi) is 11.8. The number of hydrogen-bond acceptors (Lipinski definition) is 4. The van der Waals surface area contributed by atoms with Gasteiger partial charge >= 0.3 is 12.3 Å². The van der Waals surface area contributed by atoms with Crippen LogP contribution in [0, 0.1) is 26.6 Å². The molecule has 0 saturated carbocycles. The van der Waals surface area contributed by atoms with Crippen molar-refractivity contribution in [2.24, 2.45) is 0 Å². The van der Waals surface area contributed by atoms with E-state index in [1.165, 1.54) is 24.3 Å². The Labute approximate surface area is 282 Å². The van der Waals surface area contributed by atoms with E-state index in [1.807, 2.05) is 39.8 Å². The Bertz CT molecular complexity index is 1780. The molecule has 0 bridgehead atoms. The predicted octanol–water partition coefficient (Wildman–Crippen LogP) is 8.83. The molecule has 258 valence electrons. The molecule has 3 N–H and O–H groups in total. The fraction of sp³-hybridized carbons (Fsp3) is 0.289. The lowest BCUT2D eigenvalue weighted by molar-refractivity contribution is -0.274. The molecule has 0 heterocycles. The third-order valence-corrected chi connectivity index (χ3v) is 8.18. The van der Waals surface area contributed by atoms with Gasteiger partial charge in [0.25, 0.3) is 5.91 Å². The van der Waals surface area contributed by atoms with Crippen molar-refractivity contribution in [3.8, 4) is 16.9 Å². The average Bonchev–Trinajstić information content (AvgIpc) is 3.01. The average molecular weight is 679 g/mol. The fourth-order valence-electron chi connectivity index (χ4n) is 6.16. The molecule has 0 spiro atoms. The zero-order valence-electron chi connectivity index (χ0n) is 27.6. The summed E-state index contributed by atoms with van der Waals surface area (Å²) in [5.41, 5.74) is 5.87. The standard InChI is InChI=1S/C38H38F4N2O5/c1-5-6-30(25-7-9-27(10-8-25)36(47)43-18-17-33(45)46)35(26-11-14-29(15-12-26)49-38(40,41)42)37(48)44-32-16-13-28(21-31(32)39)34-23(3)19-22(2)20-24(34)4/h7-16,19-21,30,35H,5-6,17-18H2,1-4H3,(H,43,47)(H,44,48)(H,45,46)/t30-,35?/m0/s1. The van der Waals surface area contributed by atoms with Crippen LogP contribution in [0.25, 0.3) is 11.1 Å². The van der Waals surface area contributed by atoms with Gasteiger partial charge in [-0.15, -0.1) is 13.2 Å². The Balaban J connectivity index is 1.68. The maximum atomic E-state index is 15.6. The maximum absolute atomic E-state index is 15.6. The number of carbonyl (C=O) groups excluding carboxylic acids is 2. The molecule has 4 rings (SSSR count). The molecule has 1 unspecified atom stereocenters. The van der Waals surface area contributed by atoms with Gasteiger partial charge in [0, 0.05) is 12.1 Å². The normalized spacial score (nSPS) is 12.6. The zero-order chi connectivity index (χ0) is 35.9. The second kappa shape index (κ2) is 15.8. The molecule has 11 heteroatoms. The molecule has 0 saturated heterocycles. The van der Waals surface area contributed by atoms with Gasteiger partial charge in [-0.05, 0) is 103 Å². The lowest BCUT2D eigenvalue weighted by Gasteiger charge is -2.28. The molecular weight excluding hydrogens is 640 g/mol. The Morgan fingerprint density at radius 1 is 0.857 bits per heavy atom. The van der Waals surface area contributed by atoms with Gasteiger partial charge in [-0.25, -0.2) is 4.39 Å². The molecule has 2 atom stereocenters. The summed E-state index contributed by atoms with van der Waals surface area (Å²) in [6, 6.07) is 20.1. The number of nitrogens with one attached hydrogen (secondary N) is 2. The van der Waals surface area contributed by atoms with Gasteiger partial charge in [-0.2, -0.15) is 0 Å². The molecule has 2 amide bonds. The molecule has 0 aliphatic heterocycles. The highest BCUT2D eigenvalue weighted by Crippen LogP contribution is 2.39. The van der Waals surface area contributed by atoms with Gasteiger partial charge in [-0.3, -0.25) is 14.4 Å². The van der Waals surface area contributed by atoms with E-state index in [0.29, 0.717) is 29.5 Å². The van der Waals surface area contributed by atoms with E-state index in [9.17, 15) is 27.6 Å². The van der Waals surface area contributed by atoms with Gasteiger partial charge in [0.1, 0.15) is 11.6 Å². The van der Waals surface area contributed by atoms with Crippen molar-refractivity contribution in [2.45, 2.75) is 65.2 Å². The first-order valence-corrected chi connectivity index (χ1v) is 15.8. The first kappa shape index (κ1) is 36.6.